The molecule has 4 nitrogen and oxygen atoms in total. The first-order valence-electron chi connectivity index (χ1n) is 10.2. The Morgan fingerprint density at radius 1 is 0.931 bits per heavy atom. The fourth-order valence-electron chi connectivity index (χ4n) is 4.32. The average Bonchev–Trinajstić information content (AvgIpc) is 2.77. The molecule has 0 N–H and O–H groups in total. The number of esters is 1. The number of fused-ring (bicyclic) bond motifs is 1. The summed E-state index contributed by atoms with van der Waals surface area (Å²) in [5.74, 6) is -0.303. The summed E-state index contributed by atoms with van der Waals surface area (Å²) in [7, 11) is 0. The molecule has 0 bridgehead atoms. The van der Waals surface area contributed by atoms with Crippen molar-refractivity contribution in [3.05, 3.63) is 89.5 Å². The first kappa shape index (κ1) is 19.1. The van der Waals surface area contributed by atoms with Gasteiger partial charge in [-0.15, -0.1) is 0 Å². The highest BCUT2D eigenvalue weighted by Gasteiger charge is 2.33. The van der Waals surface area contributed by atoms with Gasteiger partial charge in [-0.05, 0) is 54.2 Å². The molecule has 3 aromatic rings. The zero-order chi connectivity index (χ0) is 20.1. The maximum absolute atomic E-state index is 12.7. The van der Waals surface area contributed by atoms with Crippen LogP contribution in [-0.2, 0) is 16.0 Å². The molecule has 0 aromatic heterocycles. The number of benzene rings is 3. The van der Waals surface area contributed by atoms with Crippen LogP contribution in [0.1, 0.15) is 36.8 Å². The van der Waals surface area contributed by atoms with Gasteiger partial charge >= 0.3 is 11.7 Å². The van der Waals surface area contributed by atoms with Crippen molar-refractivity contribution in [2.75, 3.05) is 0 Å². The summed E-state index contributed by atoms with van der Waals surface area (Å²) in [5.41, 5.74) is 11.2. The SMILES string of the molecule is [N-]=[N+]=C(C(=O)O[C@H]1CCCC[C@@H]1Cc1cccc2ccccc12)c1ccccc1. The lowest BCUT2D eigenvalue weighted by molar-refractivity contribution is -0.149. The normalized spacial score (nSPS) is 18.8. The van der Waals surface area contributed by atoms with Gasteiger partial charge in [0, 0.05) is 5.92 Å². The molecule has 4 heteroatoms. The molecular weight excluding hydrogens is 360 g/mol. The molecule has 0 unspecified atom stereocenters. The highest BCUT2D eigenvalue weighted by Crippen LogP contribution is 2.32. The second-order valence-electron chi connectivity index (χ2n) is 7.65. The van der Waals surface area contributed by atoms with Gasteiger partial charge in [0.2, 0.25) is 0 Å². The summed E-state index contributed by atoms with van der Waals surface area (Å²) in [4.78, 5) is 16.0. The van der Waals surface area contributed by atoms with Crippen LogP contribution >= 0.6 is 0 Å². The van der Waals surface area contributed by atoms with Gasteiger partial charge in [-0.1, -0.05) is 67.1 Å². The zero-order valence-corrected chi connectivity index (χ0v) is 16.3. The van der Waals surface area contributed by atoms with E-state index in [1.54, 1.807) is 24.3 Å². The molecule has 0 saturated heterocycles. The summed E-state index contributed by atoms with van der Waals surface area (Å²) < 4.78 is 5.87. The van der Waals surface area contributed by atoms with Gasteiger partial charge in [-0.3, -0.25) is 0 Å². The predicted molar refractivity (Wildman–Crippen MR) is 114 cm³/mol. The lowest BCUT2D eigenvalue weighted by Gasteiger charge is -2.31. The fourth-order valence-corrected chi connectivity index (χ4v) is 4.32. The predicted octanol–water partition coefficient (Wildman–Crippen LogP) is 5.20. The minimum absolute atomic E-state index is 0.0416. The van der Waals surface area contributed by atoms with E-state index in [0.717, 1.165) is 32.1 Å². The molecule has 3 aromatic carbocycles. The first-order chi connectivity index (χ1) is 14.3. The van der Waals surface area contributed by atoms with Crippen molar-refractivity contribution in [1.82, 2.24) is 0 Å². The van der Waals surface area contributed by atoms with Crippen molar-refractivity contribution >= 4 is 22.5 Å². The molecule has 1 fully saturated rings. The van der Waals surface area contributed by atoms with Gasteiger partial charge in [0.15, 0.2) is 0 Å². The third-order valence-electron chi connectivity index (χ3n) is 5.80. The quantitative estimate of drug-likeness (QED) is 0.263. The van der Waals surface area contributed by atoms with Crippen LogP contribution in [0.25, 0.3) is 16.3 Å². The highest BCUT2D eigenvalue weighted by molar-refractivity contribution is 6.40. The summed E-state index contributed by atoms with van der Waals surface area (Å²) >= 11 is 0. The maximum Gasteiger partial charge on any atom is 0.422 e. The van der Waals surface area contributed by atoms with Crippen molar-refractivity contribution in [3.63, 3.8) is 0 Å². The van der Waals surface area contributed by atoms with Crippen LogP contribution in [0.15, 0.2) is 72.8 Å². The molecule has 1 saturated carbocycles. The van der Waals surface area contributed by atoms with Crippen LogP contribution in [0.5, 0.6) is 0 Å². The number of nitrogens with zero attached hydrogens (tertiary/aromatic N) is 2. The Morgan fingerprint density at radius 3 is 2.48 bits per heavy atom. The fraction of sp³-hybridized carbons (Fsp3) is 0.280. The number of ether oxygens (including phenoxy) is 1. The van der Waals surface area contributed by atoms with E-state index < -0.39 is 5.97 Å². The first-order valence-corrected chi connectivity index (χ1v) is 10.2. The van der Waals surface area contributed by atoms with Crippen LogP contribution in [0.2, 0.25) is 0 Å². The van der Waals surface area contributed by atoms with Gasteiger partial charge in [0.25, 0.3) is 0 Å². The Bertz CT molecular complexity index is 1050. The average molecular weight is 384 g/mol. The second-order valence-corrected chi connectivity index (χ2v) is 7.65. The molecule has 1 aliphatic rings. The van der Waals surface area contributed by atoms with Gasteiger partial charge in [-0.2, -0.15) is 4.79 Å². The number of hydrogen-bond acceptors (Lipinski definition) is 2. The Labute approximate surface area is 170 Å². The molecule has 146 valence electrons. The van der Waals surface area contributed by atoms with Crippen LogP contribution in [0.4, 0.5) is 0 Å². The van der Waals surface area contributed by atoms with E-state index in [1.807, 2.05) is 6.07 Å². The lowest BCUT2D eigenvalue weighted by atomic mass is 9.81. The highest BCUT2D eigenvalue weighted by atomic mass is 16.5. The Hall–Kier alpha value is -3.23. The molecule has 4 rings (SSSR count). The summed E-state index contributed by atoms with van der Waals surface area (Å²) in [6.07, 6.45) is 4.75. The Kier molecular flexibility index (Phi) is 5.83. The van der Waals surface area contributed by atoms with Crippen molar-refractivity contribution < 1.29 is 14.3 Å². The molecular formula is C25H24N2O2. The third-order valence-corrected chi connectivity index (χ3v) is 5.80. The lowest BCUT2D eigenvalue weighted by Crippen LogP contribution is -2.34. The zero-order valence-electron chi connectivity index (χ0n) is 16.3. The van der Waals surface area contributed by atoms with E-state index in [-0.39, 0.29) is 17.7 Å². The van der Waals surface area contributed by atoms with Crippen LogP contribution in [-0.4, -0.2) is 22.6 Å². The summed E-state index contributed by atoms with van der Waals surface area (Å²) in [6, 6.07) is 23.7. The standard InChI is InChI=1S/C25H24N2O2/c26-27-24(19-10-2-1-3-11-19)25(28)29-23-16-7-5-12-21(23)17-20-14-8-13-18-9-4-6-15-22(18)20/h1-4,6,8-11,13-15,21,23H,5,7,12,16-17H2/t21-,23+/m1/s1. The minimum atomic E-state index is -0.562. The van der Waals surface area contributed by atoms with Crippen molar-refractivity contribution in [2.24, 2.45) is 5.92 Å². The van der Waals surface area contributed by atoms with Gasteiger partial charge in [0.05, 0.1) is 5.56 Å². The summed E-state index contributed by atoms with van der Waals surface area (Å²) in [6.45, 7) is 0. The monoisotopic (exact) mass is 384 g/mol. The molecule has 0 spiro atoms. The largest absolute Gasteiger partial charge is 0.453 e. The van der Waals surface area contributed by atoms with Crippen LogP contribution in [0, 0.1) is 5.92 Å². The number of carbonyl (C=O) groups excluding carboxylic acids is 1. The minimum Gasteiger partial charge on any atom is -0.453 e. The van der Waals surface area contributed by atoms with Gasteiger partial charge in [-0.25, -0.2) is 4.79 Å². The van der Waals surface area contributed by atoms with E-state index in [1.165, 1.54) is 16.3 Å². The Balaban J connectivity index is 1.53. The van der Waals surface area contributed by atoms with E-state index in [0.29, 0.717) is 5.56 Å². The Morgan fingerprint density at radius 2 is 1.66 bits per heavy atom. The third kappa shape index (κ3) is 4.28. The number of rotatable bonds is 5. The molecule has 29 heavy (non-hydrogen) atoms. The maximum atomic E-state index is 12.7. The molecule has 2 atom stereocenters. The molecule has 0 amide bonds. The smallest absolute Gasteiger partial charge is 0.422 e. The number of hydrogen-bond donors (Lipinski definition) is 0. The summed E-state index contributed by atoms with van der Waals surface area (Å²) in [5, 5.41) is 2.49. The van der Waals surface area contributed by atoms with E-state index in [9.17, 15) is 10.3 Å². The topological polar surface area (TPSA) is 62.7 Å². The molecule has 0 heterocycles. The van der Waals surface area contributed by atoms with E-state index in [2.05, 4.69) is 47.3 Å². The van der Waals surface area contributed by atoms with Crippen molar-refractivity contribution in [3.8, 4) is 0 Å². The number of carbonyl (C=O) groups is 1. The van der Waals surface area contributed by atoms with Crippen molar-refractivity contribution in [1.29, 1.82) is 0 Å². The van der Waals surface area contributed by atoms with Crippen molar-refractivity contribution in [2.45, 2.75) is 38.2 Å². The van der Waals surface area contributed by atoms with Gasteiger partial charge < -0.3 is 10.3 Å². The van der Waals surface area contributed by atoms with E-state index in [4.69, 9.17) is 4.74 Å². The molecule has 1 aliphatic carbocycles. The van der Waals surface area contributed by atoms with Gasteiger partial charge in [0.1, 0.15) is 6.10 Å². The van der Waals surface area contributed by atoms with Crippen LogP contribution < -0.4 is 0 Å². The molecule has 0 aliphatic heterocycles. The molecule has 0 radical (unpaired) electrons. The van der Waals surface area contributed by atoms with Crippen LogP contribution in [0.3, 0.4) is 0 Å². The second kappa shape index (κ2) is 8.85. The van der Waals surface area contributed by atoms with E-state index >= 15 is 0 Å².